The first kappa shape index (κ1) is 20.3. The normalized spacial score (nSPS) is 14.4. The van der Waals surface area contributed by atoms with E-state index in [1.165, 1.54) is 18.2 Å². The van der Waals surface area contributed by atoms with Crippen molar-refractivity contribution < 1.29 is 36.6 Å². The van der Waals surface area contributed by atoms with E-state index in [4.69, 9.17) is 5.11 Å². The van der Waals surface area contributed by atoms with E-state index in [2.05, 4.69) is 5.32 Å². The number of nitrogens with zero attached hydrogens (tertiary/aromatic N) is 1. The number of carbonyl (C=O) groups is 2. The molecule has 0 bridgehead atoms. The zero-order valence-electron chi connectivity index (χ0n) is 14.6. The number of alkyl halides is 3. The fourth-order valence-corrected chi connectivity index (χ4v) is 2.85. The van der Waals surface area contributed by atoms with Gasteiger partial charge in [-0.25, -0.2) is 8.78 Å². The summed E-state index contributed by atoms with van der Waals surface area (Å²) in [5.41, 5.74) is -1.47. The zero-order valence-corrected chi connectivity index (χ0v) is 14.6. The summed E-state index contributed by atoms with van der Waals surface area (Å²) in [6.45, 7) is -0.315. The molecule has 2 amide bonds. The van der Waals surface area contributed by atoms with Crippen molar-refractivity contribution in [3.8, 4) is 5.75 Å². The molecule has 0 radical (unpaired) electrons. The highest BCUT2D eigenvalue weighted by Gasteiger charge is 2.34. The van der Waals surface area contributed by atoms with E-state index in [0.717, 1.165) is 29.2 Å². The van der Waals surface area contributed by atoms with Crippen molar-refractivity contribution in [2.45, 2.75) is 12.6 Å². The fourth-order valence-electron chi connectivity index (χ4n) is 2.85. The molecule has 0 aromatic heterocycles. The molecule has 1 heterocycles. The molecule has 1 aliphatic rings. The Morgan fingerprint density at radius 3 is 2.28 bits per heavy atom. The van der Waals surface area contributed by atoms with E-state index in [-0.39, 0.29) is 29.9 Å². The van der Waals surface area contributed by atoms with Crippen LogP contribution in [0.25, 0.3) is 0 Å². The van der Waals surface area contributed by atoms with Gasteiger partial charge < -0.3 is 10.4 Å². The molecule has 0 atom stereocenters. The van der Waals surface area contributed by atoms with Crippen LogP contribution in [0.1, 0.15) is 11.1 Å². The summed E-state index contributed by atoms with van der Waals surface area (Å²) in [4.78, 5) is 25.2. The van der Waals surface area contributed by atoms with Crippen LogP contribution in [0.15, 0.2) is 48.2 Å². The highest BCUT2D eigenvalue weighted by molar-refractivity contribution is 6.17. The highest BCUT2D eigenvalue weighted by atomic mass is 19.4. The lowest BCUT2D eigenvalue weighted by Crippen LogP contribution is -2.34. The van der Waals surface area contributed by atoms with Gasteiger partial charge >= 0.3 is 6.18 Å². The van der Waals surface area contributed by atoms with Gasteiger partial charge in [0.05, 0.1) is 5.56 Å². The molecule has 0 fully saturated rings. The third-order valence-corrected chi connectivity index (χ3v) is 4.23. The van der Waals surface area contributed by atoms with Crippen LogP contribution in [-0.2, 0) is 22.2 Å². The summed E-state index contributed by atoms with van der Waals surface area (Å²) < 4.78 is 66.0. The van der Waals surface area contributed by atoms with Gasteiger partial charge in [0.25, 0.3) is 11.8 Å². The van der Waals surface area contributed by atoms with Gasteiger partial charge in [-0.2, -0.15) is 13.2 Å². The number of halogens is 5. The van der Waals surface area contributed by atoms with Crippen molar-refractivity contribution in [2.75, 3.05) is 11.9 Å². The average molecular weight is 412 g/mol. The molecule has 0 aliphatic carbocycles. The van der Waals surface area contributed by atoms with E-state index in [9.17, 15) is 31.5 Å². The van der Waals surface area contributed by atoms with E-state index in [1.807, 2.05) is 0 Å². The molecule has 2 aromatic rings. The number of hydrogen-bond acceptors (Lipinski definition) is 4. The SMILES string of the molecule is O=C1C=C(Nc2cc(F)c(O)c(F)c2)C(=O)N1CCc1ccccc1C(F)(F)F. The fraction of sp³-hybridized carbons (Fsp3) is 0.158. The molecule has 3 rings (SSSR count). The largest absolute Gasteiger partial charge is 0.503 e. The smallest absolute Gasteiger partial charge is 0.416 e. The van der Waals surface area contributed by atoms with Crippen LogP contribution in [0.3, 0.4) is 0 Å². The average Bonchev–Trinajstić information content (AvgIpc) is 2.90. The van der Waals surface area contributed by atoms with E-state index in [1.54, 1.807) is 0 Å². The quantitative estimate of drug-likeness (QED) is 0.447. The Kier molecular flexibility index (Phi) is 5.27. The number of carbonyl (C=O) groups excluding carboxylic acids is 2. The second-order valence-corrected chi connectivity index (χ2v) is 6.17. The third kappa shape index (κ3) is 4.20. The Bertz CT molecular complexity index is 994. The van der Waals surface area contributed by atoms with E-state index >= 15 is 0 Å². The van der Waals surface area contributed by atoms with Crippen molar-refractivity contribution in [1.29, 1.82) is 0 Å². The maximum Gasteiger partial charge on any atom is 0.416 e. The van der Waals surface area contributed by atoms with Gasteiger partial charge in [-0.05, 0) is 18.1 Å². The predicted molar refractivity (Wildman–Crippen MR) is 91.6 cm³/mol. The maximum atomic E-state index is 13.4. The van der Waals surface area contributed by atoms with Crippen LogP contribution in [0.5, 0.6) is 5.75 Å². The van der Waals surface area contributed by atoms with Gasteiger partial charge in [0.15, 0.2) is 17.4 Å². The Hall–Kier alpha value is -3.43. The first-order chi connectivity index (χ1) is 13.6. The van der Waals surface area contributed by atoms with Crippen LogP contribution < -0.4 is 5.32 Å². The Labute approximate surface area is 161 Å². The van der Waals surface area contributed by atoms with Gasteiger partial charge in [-0.3, -0.25) is 14.5 Å². The number of aromatic hydroxyl groups is 1. The Balaban J connectivity index is 1.72. The van der Waals surface area contributed by atoms with Crippen molar-refractivity contribution in [1.82, 2.24) is 4.90 Å². The van der Waals surface area contributed by atoms with Gasteiger partial charge in [0.2, 0.25) is 0 Å². The summed E-state index contributed by atoms with van der Waals surface area (Å²) in [6.07, 6.45) is -3.93. The number of benzene rings is 2. The number of imide groups is 1. The molecule has 2 N–H and O–H groups in total. The summed E-state index contributed by atoms with van der Waals surface area (Å²) in [6, 6.07) is 6.25. The predicted octanol–water partition coefficient (Wildman–Crippen LogP) is 3.60. The molecule has 1 aliphatic heterocycles. The first-order valence-electron chi connectivity index (χ1n) is 8.25. The number of amides is 2. The Morgan fingerprint density at radius 1 is 1.03 bits per heavy atom. The maximum absolute atomic E-state index is 13.4. The van der Waals surface area contributed by atoms with Crippen molar-refractivity contribution in [3.05, 3.63) is 70.9 Å². The lowest BCUT2D eigenvalue weighted by Gasteiger charge is -2.17. The monoisotopic (exact) mass is 412 g/mol. The minimum Gasteiger partial charge on any atom is -0.503 e. The summed E-state index contributed by atoms with van der Waals surface area (Å²) in [7, 11) is 0. The number of rotatable bonds is 5. The number of hydrogen-bond donors (Lipinski definition) is 2. The van der Waals surface area contributed by atoms with Gasteiger partial charge in [-0.1, -0.05) is 18.2 Å². The van der Waals surface area contributed by atoms with Crippen LogP contribution in [0.4, 0.5) is 27.6 Å². The number of phenolic OH excluding ortho intramolecular Hbond substituents is 1. The first-order valence-corrected chi connectivity index (χ1v) is 8.25. The molecule has 0 saturated heterocycles. The van der Waals surface area contributed by atoms with Gasteiger partial charge in [0.1, 0.15) is 5.70 Å². The minimum absolute atomic E-state index is 0.0790. The molecular weight excluding hydrogens is 399 g/mol. The van der Waals surface area contributed by atoms with Gasteiger partial charge in [-0.15, -0.1) is 0 Å². The minimum atomic E-state index is -4.58. The van der Waals surface area contributed by atoms with Crippen LogP contribution >= 0.6 is 0 Å². The standard InChI is InChI=1S/C19H13F5N2O3/c20-13-7-11(8-14(21)17(13)28)25-15-9-16(27)26(18(15)29)6-5-10-3-1-2-4-12(10)19(22,23)24/h1-4,7-9,25,28H,5-6H2. The lowest BCUT2D eigenvalue weighted by molar-refractivity contribution is -0.138. The number of phenols is 1. The van der Waals surface area contributed by atoms with E-state index in [0.29, 0.717) is 0 Å². The van der Waals surface area contributed by atoms with Crippen molar-refractivity contribution in [3.63, 3.8) is 0 Å². The molecule has 0 spiro atoms. The molecule has 5 nitrogen and oxygen atoms in total. The summed E-state index contributed by atoms with van der Waals surface area (Å²) in [5, 5.41) is 11.5. The van der Waals surface area contributed by atoms with Gasteiger partial charge in [0, 0.05) is 30.4 Å². The van der Waals surface area contributed by atoms with Crippen LogP contribution in [0, 0.1) is 11.6 Å². The van der Waals surface area contributed by atoms with E-state index < -0.39 is 40.9 Å². The molecular formula is C19H13F5N2O3. The summed E-state index contributed by atoms with van der Waals surface area (Å²) in [5.74, 6) is -5.37. The molecule has 10 heteroatoms. The molecule has 2 aromatic carbocycles. The summed E-state index contributed by atoms with van der Waals surface area (Å²) >= 11 is 0. The second kappa shape index (κ2) is 7.53. The van der Waals surface area contributed by atoms with Crippen LogP contribution in [0.2, 0.25) is 0 Å². The molecule has 152 valence electrons. The topological polar surface area (TPSA) is 69.6 Å². The number of anilines is 1. The van der Waals surface area contributed by atoms with Crippen molar-refractivity contribution in [2.24, 2.45) is 0 Å². The molecule has 29 heavy (non-hydrogen) atoms. The van der Waals surface area contributed by atoms with Crippen molar-refractivity contribution >= 4 is 17.5 Å². The zero-order chi connectivity index (χ0) is 21.3. The molecule has 0 unspecified atom stereocenters. The third-order valence-electron chi connectivity index (χ3n) is 4.23. The second-order valence-electron chi connectivity index (χ2n) is 6.17. The Morgan fingerprint density at radius 2 is 1.66 bits per heavy atom. The molecule has 0 saturated carbocycles. The number of nitrogens with one attached hydrogen (secondary N) is 1. The highest BCUT2D eigenvalue weighted by Crippen LogP contribution is 2.32. The lowest BCUT2D eigenvalue weighted by atomic mass is 10.0. The van der Waals surface area contributed by atoms with Crippen LogP contribution in [-0.4, -0.2) is 28.4 Å².